The third kappa shape index (κ3) is 5.24. The fourth-order valence-electron chi connectivity index (χ4n) is 2.78. The van der Waals surface area contributed by atoms with Gasteiger partial charge in [0.15, 0.2) is 0 Å². The average Bonchev–Trinajstić information content (AvgIpc) is 2.74. The number of sulfonamides is 1. The van der Waals surface area contributed by atoms with Crippen LogP contribution in [0.2, 0.25) is 0 Å². The van der Waals surface area contributed by atoms with E-state index in [1.54, 1.807) is 48.5 Å². The van der Waals surface area contributed by atoms with Gasteiger partial charge in [-0.2, -0.15) is 0 Å². The van der Waals surface area contributed by atoms with Crippen molar-refractivity contribution >= 4 is 21.6 Å². The van der Waals surface area contributed by atoms with E-state index in [9.17, 15) is 17.6 Å². The molecule has 0 spiro atoms. The Balaban J connectivity index is 1.71. The van der Waals surface area contributed by atoms with Gasteiger partial charge in [-0.1, -0.05) is 31.2 Å². The van der Waals surface area contributed by atoms with Gasteiger partial charge in [0.1, 0.15) is 5.82 Å². The zero-order valence-corrected chi connectivity index (χ0v) is 17.5. The van der Waals surface area contributed by atoms with Crippen molar-refractivity contribution in [3.05, 3.63) is 84.2 Å². The molecule has 1 atom stereocenters. The highest BCUT2D eigenvalue weighted by molar-refractivity contribution is 7.92. The van der Waals surface area contributed by atoms with Crippen LogP contribution in [0.3, 0.4) is 0 Å². The van der Waals surface area contributed by atoms with Gasteiger partial charge in [-0.15, -0.1) is 0 Å². The first-order valence-corrected chi connectivity index (χ1v) is 11.1. The molecule has 1 amide bonds. The van der Waals surface area contributed by atoms with E-state index < -0.39 is 10.0 Å². The van der Waals surface area contributed by atoms with E-state index in [1.807, 2.05) is 13.8 Å². The second kappa shape index (κ2) is 9.09. The number of hydrogen-bond acceptors (Lipinski definition) is 3. The molecule has 0 aromatic heterocycles. The normalized spacial score (nSPS) is 12.2. The molecule has 3 aromatic carbocycles. The molecule has 5 nitrogen and oxygen atoms in total. The molecule has 0 fully saturated rings. The Bertz CT molecular complexity index is 1110. The second-order valence-electron chi connectivity index (χ2n) is 7.00. The van der Waals surface area contributed by atoms with E-state index in [-0.39, 0.29) is 22.7 Å². The van der Waals surface area contributed by atoms with Crippen LogP contribution in [0.4, 0.5) is 10.1 Å². The van der Waals surface area contributed by atoms with Crippen molar-refractivity contribution in [1.82, 2.24) is 5.32 Å². The Morgan fingerprint density at radius 2 is 1.43 bits per heavy atom. The van der Waals surface area contributed by atoms with Crippen LogP contribution in [0.1, 0.15) is 30.6 Å². The molecule has 30 heavy (non-hydrogen) atoms. The van der Waals surface area contributed by atoms with Gasteiger partial charge >= 0.3 is 0 Å². The lowest BCUT2D eigenvalue weighted by atomic mass is 10.1. The highest BCUT2D eigenvalue weighted by Gasteiger charge is 2.15. The topological polar surface area (TPSA) is 75.3 Å². The summed E-state index contributed by atoms with van der Waals surface area (Å²) in [4.78, 5) is 12.2. The smallest absolute Gasteiger partial charge is 0.261 e. The molecule has 0 radical (unpaired) electrons. The summed E-state index contributed by atoms with van der Waals surface area (Å²) in [6, 6.07) is 18.6. The fraction of sp³-hybridized carbons (Fsp3) is 0.174. The number of carbonyl (C=O) groups excluding carboxylic acids is 1. The second-order valence-corrected chi connectivity index (χ2v) is 8.68. The highest BCUT2D eigenvalue weighted by Crippen LogP contribution is 2.23. The van der Waals surface area contributed by atoms with Gasteiger partial charge in [-0.05, 0) is 73.0 Å². The zero-order valence-electron chi connectivity index (χ0n) is 16.7. The van der Waals surface area contributed by atoms with Gasteiger partial charge in [0.2, 0.25) is 0 Å². The molecule has 0 aliphatic rings. The van der Waals surface area contributed by atoms with Crippen molar-refractivity contribution in [2.45, 2.75) is 31.2 Å². The number of nitrogens with one attached hydrogen (secondary N) is 2. The molecule has 156 valence electrons. The molecule has 0 saturated carbocycles. The first-order chi connectivity index (χ1) is 14.3. The van der Waals surface area contributed by atoms with Gasteiger partial charge in [0.25, 0.3) is 15.9 Å². The molecular formula is C23H23FN2O3S. The van der Waals surface area contributed by atoms with Crippen molar-refractivity contribution in [2.75, 3.05) is 4.72 Å². The summed E-state index contributed by atoms with van der Waals surface area (Å²) in [5.74, 6) is -0.527. The van der Waals surface area contributed by atoms with Crippen molar-refractivity contribution in [3.63, 3.8) is 0 Å². The lowest BCUT2D eigenvalue weighted by molar-refractivity contribution is 0.0939. The van der Waals surface area contributed by atoms with Crippen LogP contribution in [0.15, 0.2) is 77.7 Å². The molecule has 3 aromatic rings. The predicted octanol–water partition coefficient (Wildman–Crippen LogP) is 4.82. The van der Waals surface area contributed by atoms with Crippen LogP contribution < -0.4 is 10.0 Å². The summed E-state index contributed by atoms with van der Waals surface area (Å²) in [5, 5.41) is 2.86. The summed E-state index contributed by atoms with van der Waals surface area (Å²) >= 11 is 0. The van der Waals surface area contributed by atoms with Crippen LogP contribution in [-0.4, -0.2) is 20.4 Å². The number of halogens is 1. The Kier molecular flexibility index (Phi) is 6.52. The summed E-state index contributed by atoms with van der Waals surface area (Å²) in [7, 11) is -3.79. The van der Waals surface area contributed by atoms with Gasteiger partial charge in [-0.25, -0.2) is 12.8 Å². The number of benzene rings is 3. The minimum Gasteiger partial charge on any atom is -0.350 e. The van der Waals surface area contributed by atoms with E-state index >= 15 is 0 Å². The Morgan fingerprint density at radius 3 is 1.97 bits per heavy atom. The first kappa shape index (κ1) is 21.5. The van der Waals surface area contributed by atoms with E-state index in [0.717, 1.165) is 17.5 Å². The van der Waals surface area contributed by atoms with E-state index in [0.29, 0.717) is 11.3 Å². The lowest BCUT2D eigenvalue weighted by Crippen LogP contribution is -2.31. The zero-order chi connectivity index (χ0) is 21.7. The maximum Gasteiger partial charge on any atom is 0.261 e. The molecule has 0 unspecified atom stereocenters. The molecule has 0 aliphatic heterocycles. The Morgan fingerprint density at radius 1 is 0.900 bits per heavy atom. The van der Waals surface area contributed by atoms with Gasteiger partial charge in [-0.3, -0.25) is 9.52 Å². The molecule has 2 N–H and O–H groups in total. The number of carbonyl (C=O) groups is 1. The molecule has 0 heterocycles. The largest absolute Gasteiger partial charge is 0.350 e. The highest BCUT2D eigenvalue weighted by atomic mass is 32.2. The molecule has 3 rings (SSSR count). The van der Waals surface area contributed by atoms with Gasteiger partial charge in [0.05, 0.1) is 4.90 Å². The standard InChI is InChI=1S/C23H23FN2O3S/c1-3-16(2)25-23(27)19-6-12-21(13-7-19)26-30(28,29)22-14-8-18(9-15-22)17-4-10-20(24)11-5-17/h4-16,26H,3H2,1-2H3,(H,25,27)/t16-/m0/s1. The molecule has 0 bridgehead atoms. The van der Waals surface area contributed by atoms with Gasteiger partial charge in [0, 0.05) is 17.3 Å². The fourth-order valence-corrected chi connectivity index (χ4v) is 3.84. The predicted molar refractivity (Wildman–Crippen MR) is 116 cm³/mol. The quantitative estimate of drug-likeness (QED) is 0.569. The van der Waals surface area contributed by atoms with Crippen LogP contribution in [-0.2, 0) is 10.0 Å². The van der Waals surface area contributed by atoms with Gasteiger partial charge < -0.3 is 5.32 Å². The van der Waals surface area contributed by atoms with Crippen LogP contribution >= 0.6 is 0 Å². The number of rotatable bonds is 7. The first-order valence-electron chi connectivity index (χ1n) is 9.58. The summed E-state index contributed by atoms with van der Waals surface area (Å²) < 4.78 is 40.9. The minimum atomic E-state index is -3.79. The van der Waals surface area contributed by atoms with E-state index in [2.05, 4.69) is 10.0 Å². The third-order valence-electron chi connectivity index (χ3n) is 4.73. The monoisotopic (exact) mass is 426 g/mol. The average molecular weight is 427 g/mol. The summed E-state index contributed by atoms with van der Waals surface area (Å²) in [5.41, 5.74) is 2.39. The van der Waals surface area contributed by atoms with E-state index in [1.165, 1.54) is 24.3 Å². The molecule has 7 heteroatoms. The van der Waals surface area contributed by atoms with Crippen molar-refractivity contribution in [3.8, 4) is 11.1 Å². The Hall–Kier alpha value is -3.19. The van der Waals surface area contributed by atoms with Crippen LogP contribution in [0.5, 0.6) is 0 Å². The maximum atomic E-state index is 13.1. The SMILES string of the molecule is CC[C@H](C)NC(=O)c1ccc(NS(=O)(=O)c2ccc(-c3ccc(F)cc3)cc2)cc1. The third-order valence-corrected chi connectivity index (χ3v) is 6.13. The van der Waals surface area contributed by atoms with Crippen molar-refractivity contribution in [1.29, 1.82) is 0 Å². The van der Waals surface area contributed by atoms with Crippen molar-refractivity contribution in [2.24, 2.45) is 0 Å². The van der Waals surface area contributed by atoms with Crippen molar-refractivity contribution < 1.29 is 17.6 Å². The summed E-state index contributed by atoms with van der Waals surface area (Å²) in [6.07, 6.45) is 0.823. The lowest BCUT2D eigenvalue weighted by Gasteiger charge is -2.12. The number of anilines is 1. The molecule has 0 aliphatic carbocycles. The maximum absolute atomic E-state index is 13.1. The molecule has 0 saturated heterocycles. The summed E-state index contributed by atoms with van der Waals surface area (Å²) in [6.45, 7) is 3.90. The minimum absolute atomic E-state index is 0.0635. The number of hydrogen-bond donors (Lipinski definition) is 2. The van der Waals surface area contributed by atoms with Crippen LogP contribution in [0.25, 0.3) is 11.1 Å². The molecular weight excluding hydrogens is 403 g/mol. The van der Waals surface area contributed by atoms with Crippen LogP contribution in [0, 0.1) is 5.82 Å². The Labute approximate surface area is 176 Å². The number of amides is 1. The van der Waals surface area contributed by atoms with E-state index in [4.69, 9.17) is 0 Å².